The number of rotatable bonds is 4. The second-order valence-corrected chi connectivity index (χ2v) is 9.68. The molecule has 2 aliphatic heterocycles. The van der Waals surface area contributed by atoms with Crippen LogP contribution in [0.4, 0.5) is 5.69 Å². The number of nitrogens with one attached hydrogen (secondary N) is 1. The molecule has 154 valence electrons. The molecule has 2 aliphatic rings. The minimum absolute atomic E-state index is 0.0563. The van der Waals surface area contributed by atoms with E-state index in [1.54, 1.807) is 24.3 Å². The Bertz CT molecular complexity index is 816. The molecule has 8 heteroatoms. The standard InChI is InChI=1S/C20H29N3O4S/c1-28(26,27)23-14-8-9-16(15-23)19(24)21-18-11-5-4-10-17(18)20(25)22-12-6-2-3-7-13-22/h4-5,10-11,16H,2-3,6-9,12-15H2,1H3,(H,21,24)/t16-/m1/s1. The van der Waals surface area contributed by atoms with Crippen LogP contribution in [0.1, 0.15) is 48.9 Å². The summed E-state index contributed by atoms with van der Waals surface area (Å²) in [6.07, 6.45) is 6.75. The Morgan fingerprint density at radius 3 is 2.36 bits per heavy atom. The number of carbonyl (C=O) groups is 2. The van der Waals surface area contributed by atoms with Gasteiger partial charge in [-0.15, -0.1) is 0 Å². The second kappa shape index (κ2) is 9.05. The number of sulfonamides is 1. The van der Waals surface area contributed by atoms with Gasteiger partial charge in [0.25, 0.3) is 5.91 Å². The highest BCUT2D eigenvalue weighted by Crippen LogP contribution is 2.23. The third kappa shape index (κ3) is 5.11. The van der Waals surface area contributed by atoms with Crippen LogP contribution >= 0.6 is 0 Å². The van der Waals surface area contributed by atoms with Gasteiger partial charge in [-0.25, -0.2) is 12.7 Å². The first-order valence-corrected chi connectivity index (χ1v) is 11.9. The second-order valence-electron chi connectivity index (χ2n) is 7.70. The van der Waals surface area contributed by atoms with Gasteiger partial charge >= 0.3 is 0 Å². The van der Waals surface area contributed by atoms with E-state index in [9.17, 15) is 18.0 Å². The fourth-order valence-electron chi connectivity index (χ4n) is 3.92. The summed E-state index contributed by atoms with van der Waals surface area (Å²) in [5.74, 6) is -0.700. The number of amides is 2. The summed E-state index contributed by atoms with van der Waals surface area (Å²) in [6, 6.07) is 7.07. The van der Waals surface area contributed by atoms with Gasteiger partial charge in [-0.05, 0) is 37.8 Å². The molecule has 0 spiro atoms. The van der Waals surface area contributed by atoms with Crippen molar-refractivity contribution in [3.05, 3.63) is 29.8 Å². The van der Waals surface area contributed by atoms with Gasteiger partial charge in [0.15, 0.2) is 0 Å². The van der Waals surface area contributed by atoms with E-state index in [2.05, 4.69) is 5.32 Å². The maximum atomic E-state index is 13.0. The van der Waals surface area contributed by atoms with E-state index in [0.717, 1.165) is 38.8 Å². The van der Waals surface area contributed by atoms with Crippen molar-refractivity contribution in [3.63, 3.8) is 0 Å². The molecule has 1 aromatic rings. The Morgan fingerprint density at radius 1 is 1.00 bits per heavy atom. The molecule has 1 N–H and O–H groups in total. The van der Waals surface area contributed by atoms with E-state index in [1.165, 1.54) is 10.6 Å². The first-order valence-electron chi connectivity index (χ1n) is 10.0. The molecular formula is C20H29N3O4S. The first-order chi connectivity index (χ1) is 13.4. The van der Waals surface area contributed by atoms with Crippen molar-refractivity contribution in [1.82, 2.24) is 9.21 Å². The maximum Gasteiger partial charge on any atom is 0.255 e. The normalized spacial score (nSPS) is 21.8. The highest BCUT2D eigenvalue weighted by molar-refractivity contribution is 7.88. The number of piperidine rings is 1. The fraction of sp³-hybridized carbons (Fsp3) is 0.600. The highest BCUT2D eigenvalue weighted by atomic mass is 32.2. The van der Waals surface area contributed by atoms with Crippen LogP contribution in [0.3, 0.4) is 0 Å². The Labute approximate surface area is 167 Å². The van der Waals surface area contributed by atoms with Crippen LogP contribution in [0, 0.1) is 5.92 Å². The smallest absolute Gasteiger partial charge is 0.255 e. The predicted molar refractivity (Wildman–Crippen MR) is 109 cm³/mol. The number of hydrogen-bond acceptors (Lipinski definition) is 4. The van der Waals surface area contributed by atoms with Gasteiger partial charge in [-0.1, -0.05) is 25.0 Å². The van der Waals surface area contributed by atoms with Crippen LogP contribution in [0.2, 0.25) is 0 Å². The maximum absolute atomic E-state index is 13.0. The Balaban J connectivity index is 1.72. The largest absolute Gasteiger partial charge is 0.339 e. The highest BCUT2D eigenvalue weighted by Gasteiger charge is 2.31. The summed E-state index contributed by atoms with van der Waals surface area (Å²) in [5.41, 5.74) is 0.992. The van der Waals surface area contributed by atoms with Crippen molar-refractivity contribution in [2.75, 3.05) is 37.8 Å². The molecule has 2 heterocycles. The summed E-state index contributed by atoms with van der Waals surface area (Å²) in [5, 5.41) is 2.88. The third-order valence-electron chi connectivity index (χ3n) is 5.53. The fourth-order valence-corrected chi connectivity index (χ4v) is 4.83. The zero-order valence-corrected chi connectivity index (χ0v) is 17.2. The molecule has 1 aromatic carbocycles. The molecule has 0 aliphatic carbocycles. The molecule has 3 rings (SSSR count). The molecule has 0 saturated carbocycles. The zero-order chi connectivity index (χ0) is 20.1. The first kappa shape index (κ1) is 20.8. The molecule has 1 atom stereocenters. The van der Waals surface area contributed by atoms with Crippen LogP contribution in [0.5, 0.6) is 0 Å². The van der Waals surface area contributed by atoms with E-state index >= 15 is 0 Å². The number of likely N-dealkylation sites (tertiary alicyclic amines) is 1. The van der Waals surface area contributed by atoms with Gasteiger partial charge in [0, 0.05) is 26.2 Å². The minimum atomic E-state index is -3.31. The van der Waals surface area contributed by atoms with E-state index in [-0.39, 0.29) is 18.4 Å². The number of para-hydroxylation sites is 1. The number of hydrogen-bond donors (Lipinski definition) is 1. The quantitative estimate of drug-likeness (QED) is 0.830. The molecule has 7 nitrogen and oxygen atoms in total. The average molecular weight is 408 g/mol. The molecule has 0 radical (unpaired) electrons. The van der Waals surface area contributed by atoms with E-state index in [1.807, 2.05) is 4.90 Å². The molecule has 2 amide bonds. The molecular weight excluding hydrogens is 378 g/mol. The molecule has 2 fully saturated rings. The van der Waals surface area contributed by atoms with Crippen LogP contribution in [-0.4, -0.2) is 61.9 Å². The molecule has 0 bridgehead atoms. The van der Waals surface area contributed by atoms with Gasteiger partial charge in [0.05, 0.1) is 23.4 Å². The Kier molecular flexibility index (Phi) is 6.72. The van der Waals surface area contributed by atoms with Crippen LogP contribution < -0.4 is 5.32 Å². The summed E-state index contributed by atoms with van der Waals surface area (Å²) < 4.78 is 25.0. The van der Waals surface area contributed by atoms with Crippen LogP contribution in [0.25, 0.3) is 0 Å². The average Bonchev–Trinajstić information content (AvgIpc) is 2.97. The van der Waals surface area contributed by atoms with Gasteiger partial charge < -0.3 is 10.2 Å². The van der Waals surface area contributed by atoms with Crippen molar-refractivity contribution in [3.8, 4) is 0 Å². The third-order valence-corrected chi connectivity index (χ3v) is 6.80. The van der Waals surface area contributed by atoms with Crippen molar-refractivity contribution < 1.29 is 18.0 Å². The summed E-state index contributed by atoms with van der Waals surface area (Å²) in [4.78, 5) is 27.7. The lowest BCUT2D eigenvalue weighted by Gasteiger charge is -2.30. The Hall–Kier alpha value is -1.93. The summed E-state index contributed by atoms with van der Waals surface area (Å²) >= 11 is 0. The minimum Gasteiger partial charge on any atom is -0.339 e. The molecule has 2 saturated heterocycles. The lowest BCUT2D eigenvalue weighted by Crippen LogP contribution is -2.43. The monoisotopic (exact) mass is 407 g/mol. The van der Waals surface area contributed by atoms with Crippen molar-refractivity contribution in [2.24, 2.45) is 5.92 Å². The van der Waals surface area contributed by atoms with Gasteiger partial charge in [-0.2, -0.15) is 0 Å². The zero-order valence-electron chi connectivity index (χ0n) is 16.4. The predicted octanol–water partition coefficient (Wildman–Crippen LogP) is 2.31. The van der Waals surface area contributed by atoms with Crippen molar-refractivity contribution in [1.29, 1.82) is 0 Å². The number of carbonyl (C=O) groups excluding carboxylic acids is 2. The number of nitrogens with zero attached hydrogens (tertiary/aromatic N) is 2. The lowest BCUT2D eigenvalue weighted by molar-refractivity contribution is -0.120. The summed E-state index contributed by atoms with van der Waals surface area (Å²) in [7, 11) is -3.31. The van der Waals surface area contributed by atoms with Gasteiger partial charge in [-0.3, -0.25) is 9.59 Å². The number of benzene rings is 1. The van der Waals surface area contributed by atoms with Crippen molar-refractivity contribution >= 4 is 27.5 Å². The van der Waals surface area contributed by atoms with E-state index < -0.39 is 15.9 Å². The summed E-state index contributed by atoms with van der Waals surface area (Å²) in [6.45, 7) is 2.12. The molecule has 28 heavy (non-hydrogen) atoms. The van der Waals surface area contributed by atoms with Gasteiger partial charge in [0.1, 0.15) is 0 Å². The van der Waals surface area contributed by atoms with Crippen LogP contribution in [0.15, 0.2) is 24.3 Å². The van der Waals surface area contributed by atoms with Gasteiger partial charge in [0.2, 0.25) is 15.9 Å². The Morgan fingerprint density at radius 2 is 1.68 bits per heavy atom. The lowest BCUT2D eigenvalue weighted by atomic mass is 9.98. The van der Waals surface area contributed by atoms with E-state index in [4.69, 9.17) is 0 Å². The van der Waals surface area contributed by atoms with Crippen LogP contribution in [-0.2, 0) is 14.8 Å². The topological polar surface area (TPSA) is 86.8 Å². The molecule has 0 unspecified atom stereocenters. The number of anilines is 1. The molecule has 0 aromatic heterocycles. The van der Waals surface area contributed by atoms with E-state index in [0.29, 0.717) is 30.6 Å². The van der Waals surface area contributed by atoms with Crippen molar-refractivity contribution in [2.45, 2.75) is 38.5 Å². The SMILES string of the molecule is CS(=O)(=O)N1CCC[C@@H](C(=O)Nc2ccccc2C(=O)N2CCCCCC2)C1.